The number of anilines is 1. The number of rotatable bonds is 5. The van der Waals surface area contributed by atoms with Crippen LogP contribution >= 0.6 is 11.3 Å². The lowest BCUT2D eigenvalue weighted by atomic mass is 9.81. The Kier molecular flexibility index (Phi) is 4.42. The smallest absolute Gasteiger partial charge is 0.311 e. The highest BCUT2D eigenvalue weighted by Gasteiger charge is 2.54. The molecular weight excluding hydrogens is 314 g/mol. The molecule has 1 aliphatic carbocycles. The van der Waals surface area contributed by atoms with Crippen molar-refractivity contribution in [2.75, 3.05) is 25.0 Å². The molecule has 1 saturated carbocycles. The molecule has 1 aliphatic heterocycles. The third-order valence-corrected chi connectivity index (χ3v) is 6.14. The largest absolute Gasteiger partial charge is 0.481 e. The summed E-state index contributed by atoms with van der Waals surface area (Å²) in [6, 6.07) is 0. The Bertz CT molecular complexity index is 630. The second-order valence-electron chi connectivity index (χ2n) is 6.64. The highest BCUT2D eigenvalue weighted by molar-refractivity contribution is 7.15. The van der Waals surface area contributed by atoms with Gasteiger partial charge in [0.25, 0.3) is 0 Å². The van der Waals surface area contributed by atoms with Crippen molar-refractivity contribution in [1.29, 1.82) is 0 Å². The Labute approximate surface area is 139 Å². The first-order valence-corrected chi connectivity index (χ1v) is 8.98. The minimum Gasteiger partial charge on any atom is -0.481 e. The van der Waals surface area contributed by atoms with Gasteiger partial charge in [0.15, 0.2) is 5.13 Å². The summed E-state index contributed by atoms with van der Waals surface area (Å²) in [5, 5.41) is 13.1. The molecule has 1 amide bonds. The van der Waals surface area contributed by atoms with Gasteiger partial charge in [-0.15, -0.1) is 11.3 Å². The minimum atomic E-state index is -0.703. The minimum absolute atomic E-state index is 0.109. The molecule has 2 N–H and O–H groups in total. The number of likely N-dealkylation sites (tertiary alicyclic amines) is 1. The normalized spacial score (nSPS) is 27.1. The van der Waals surface area contributed by atoms with Crippen LogP contribution < -0.4 is 5.32 Å². The predicted molar refractivity (Wildman–Crippen MR) is 88.7 cm³/mol. The van der Waals surface area contributed by atoms with Crippen LogP contribution in [0.2, 0.25) is 0 Å². The molecule has 0 unspecified atom stereocenters. The van der Waals surface area contributed by atoms with Gasteiger partial charge in [-0.1, -0.05) is 13.3 Å². The SMILES string of the molecule is CCc1nc(NC(=O)CN2C[C@@H]3CCC[C@@]3(C(=O)O)C2)sc1C. The molecule has 2 fully saturated rings. The van der Waals surface area contributed by atoms with Gasteiger partial charge < -0.3 is 10.4 Å². The molecule has 23 heavy (non-hydrogen) atoms. The van der Waals surface area contributed by atoms with Gasteiger partial charge in [-0.25, -0.2) is 4.98 Å². The van der Waals surface area contributed by atoms with Gasteiger partial charge in [-0.05, 0) is 32.1 Å². The number of nitrogens with zero attached hydrogens (tertiary/aromatic N) is 2. The fourth-order valence-electron chi connectivity index (χ4n) is 4.03. The first kappa shape index (κ1) is 16.4. The van der Waals surface area contributed by atoms with E-state index in [1.807, 2.05) is 18.7 Å². The zero-order valence-electron chi connectivity index (χ0n) is 13.6. The molecule has 1 aromatic rings. The number of carbonyl (C=O) groups excluding carboxylic acids is 1. The van der Waals surface area contributed by atoms with E-state index < -0.39 is 11.4 Å². The van der Waals surface area contributed by atoms with Gasteiger partial charge in [0.1, 0.15) is 0 Å². The number of hydrogen-bond acceptors (Lipinski definition) is 5. The van der Waals surface area contributed by atoms with Crippen molar-refractivity contribution in [3.8, 4) is 0 Å². The lowest BCUT2D eigenvalue weighted by Crippen LogP contribution is -2.37. The van der Waals surface area contributed by atoms with E-state index in [0.717, 1.165) is 36.3 Å². The van der Waals surface area contributed by atoms with Crippen molar-refractivity contribution in [2.24, 2.45) is 11.3 Å². The number of carboxylic acids is 1. The summed E-state index contributed by atoms with van der Waals surface area (Å²) in [5.74, 6) is -0.630. The van der Waals surface area contributed by atoms with Crippen molar-refractivity contribution in [3.05, 3.63) is 10.6 Å². The zero-order chi connectivity index (χ0) is 16.6. The number of thiazole rings is 1. The molecule has 2 heterocycles. The van der Waals surface area contributed by atoms with Gasteiger partial charge >= 0.3 is 5.97 Å². The Hall–Kier alpha value is -1.47. The standard InChI is InChI=1S/C16H23N3O3S/c1-3-12-10(2)23-15(17-12)18-13(20)8-19-7-11-5-4-6-16(11,9-19)14(21)22/h11H,3-9H2,1-2H3,(H,21,22)(H,17,18,20)/t11-,16+/m0/s1. The van der Waals surface area contributed by atoms with Crippen molar-refractivity contribution in [3.63, 3.8) is 0 Å². The second-order valence-corrected chi connectivity index (χ2v) is 7.85. The number of fused-ring (bicyclic) bond motifs is 1. The lowest BCUT2D eigenvalue weighted by Gasteiger charge is -2.23. The lowest BCUT2D eigenvalue weighted by molar-refractivity contribution is -0.149. The fraction of sp³-hybridized carbons (Fsp3) is 0.688. The highest BCUT2D eigenvalue weighted by atomic mass is 32.1. The predicted octanol–water partition coefficient (Wildman–Crippen LogP) is 2.14. The number of carbonyl (C=O) groups is 2. The van der Waals surface area contributed by atoms with Gasteiger partial charge in [0.05, 0.1) is 17.7 Å². The third kappa shape index (κ3) is 2.99. The third-order valence-electron chi connectivity index (χ3n) is 5.21. The van der Waals surface area contributed by atoms with E-state index in [0.29, 0.717) is 18.2 Å². The van der Waals surface area contributed by atoms with Gasteiger partial charge in [-0.3, -0.25) is 14.5 Å². The summed E-state index contributed by atoms with van der Waals surface area (Å²) in [7, 11) is 0. The molecule has 0 bridgehead atoms. The summed E-state index contributed by atoms with van der Waals surface area (Å²) in [5.41, 5.74) is 0.388. The van der Waals surface area contributed by atoms with E-state index in [9.17, 15) is 14.7 Å². The summed E-state index contributed by atoms with van der Waals surface area (Å²) in [6.45, 7) is 5.48. The fourth-order valence-corrected chi connectivity index (χ4v) is 4.95. The van der Waals surface area contributed by atoms with Crippen LogP contribution in [0, 0.1) is 18.3 Å². The molecule has 3 rings (SSSR count). The molecule has 6 nitrogen and oxygen atoms in total. The molecule has 0 spiro atoms. The van der Waals surface area contributed by atoms with Crippen LogP contribution in [-0.2, 0) is 16.0 Å². The first-order chi connectivity index (χ1) is 10.9. The van der Waals surface area contributed by atoms with Crippen molar-refractivity contribution >= 4 is 28.3 Å². The Balaban J connectivity index is 1.60. The zero-order valence-corrected chi connectivity index (χ0v) is 14.4. The van der Waals surface area contributed by atoms with E-state index in [1.165, 1.54) is 11.3 Å². The molecule has 2 aliphatic rings. The summed E-state index contributed by atoms with van der Waals surface area (Å²) >= 11 is 1.49. The number of amides is 1. The molecule has 7 heteroatoms. The van der Waals surface area contributed by atoms with Gasteiger partial charge in [0.2, 0.25) is 5.91 Å². The van der Waals surface area contributed by atoms with E-state index >= 15 is 0 Å². The number of hydrogen-bond donors (Lipinski definition) is 2. The topological polar surface area (TPSA) is 82.5 Å². The van der Waals surface area contributed by atoms with Crippen LogP contribution in [0.5, 0.6) is 0 Å². The monoisotopic (exact) mass is 337 g/mol. The average Bonchev–Trinajstić information content (AvgIpc) is 3.11. The summed E-state index contributed by atoms with van der Waals surface area (Å²) in [6.07, 6.45) is 3.52. The van der Waals surface area contributed by atoms with Crippen molar-refractivity contribution < 1.29 is 14.7 Å². The quantitative estimate of drug-likeness (QED) is 0.860. The Morgan fingerprint density at radius 1 is 1.52 bits per heavy atom. The maximum atomic E-state index is 12.2. The van der Waals surface area contributed by atoms with Crippen LogP contribution in [0.4, 0.5) is 5.13 Å². The van der Waals surface area contributed by atoms with Crippen LogP contribution in [0.15, 0.2) is 0 Å². The summed E-state index contributed by atoms with van der Waals surface area (Å²) < 4.78 is 0. The first-order valence-electron chi connectivity index (χ1n) is 8.16. The maximum Gasteiger partial charge on any atom is 0.311 e. The summed E-state index contributed by atoms with van der Waals surface area (Å²) in [4.78, 5) is 31.4. The molecule has 1 saturated heterocycles. The highest BCUT2D eigenvalue weighted by Crippen LogP contribution is 2.48. The molecular formula is C16H23N3O3S. The number of aliphatic carboxylic acids is 1. The van der Waals surface area contributed by atoms with E-state index in [-0.39, 0.29) is 18.4 Å². The van der Waals surface area contributed by atoms with E-state index in [4.69, 9.17) is 0 Å². The molecule has 126 valence electrons. The molecule has 1 aromatic heterocycles. The Morgan fingerprint density at radius 3 is 2.91 bits per heavy atom. The van der Waals surface area contributed by atoms with Crippen LogP contribution in [0.3, 0.4) is 0 Å². The number of carboxylic acid groups (broad SMARTS) is 1. The molecule has 2 atom stereocenters. The number of aryl methyl sites for hydroxylation is 2. The molecule has 0 radical (unpaired) electrons. The number of nitrogens with one attached hydrogen (secondary N) is 1. The van der Waals surface area contributed by atoms with Crippen molar-refractivity contribution in [2.45, 2.75) is 39.5 Å². The van der Waals surface area contributed by atoms with Crippen LogP contribution in [0.25, 0.3) is 0 Å². The maximum absolute atomic E-state index is 12.2. The van der Waals surface area contributed by atoms with Crippen LogP contribution in [-0.4, -0.2) is 46.5 Å². The average molecular weight is 337 g/mol. The Morgan fingerprint density at radius 2 is 2.30 bits per heavy atom. The van der Waals surface area contributed by atoms with E-state index in [2.05, 4.69) is 10.3 Å². The second kappa shape index (κ2) is 6.20. The van der Waals surface area contributed by atoms with Crippen LogP contribution in [0.1, 0.15) is 36.8 Å². The number of aromatic nitrogens is 1. The van der Waals surface area contributed by atoms with Gasteiger partial charge in [-0.2, -0.15) is 0 Å². The van der Waals surface area contributed by atoms with Gasteiger partial charge in [0, 0.05) is 18.0 Å². The van der Waals surface area contributed by atoms with E-state index in [1.54, 1.807) is 0 Å². The molecule has 0 aromatic carbocycles. The van der Waals surface area contributed by atoms with Crippen molar-refractivity contribution in [1.82, 2.24) is 9.88 Å².